The Bertz CT molecular complexity index is 1180. The van der Waals surface area contributed by atoms with Gasteiger partial charge in [-0.25, -0.2) is 4.68 Å². The molecular formula is C26H31N3OS. The Morgan fingerprint density at radius 1 is 1.03 bits per heavy atom. The third kappa shape index (κ3) is 4.89. The van der Waals surface area contributed by atoms with Gasteiger partial charge in [0.05, 0.1) is 24.6 Å². The third-order valence-corrected chi connectivity index (χ3v) is 6.85. The van der Waals surface area contributed by atoms with Crippen molar-refractivity contribution >= 4 is 17.6 Å². The van der Waals surface area contributed by atoms with E-state index in [1.165, 1.54) is 33.4 Å². The van der Waals surface area contributed by atoms with E-state index < -0.39 is 0 Å². The molecule has 1 saturated heterocycles. The molecule has 0 spiro atoms. The normalized spacial score (nSPS) is 17.2. The summed E-state index contributed by atoms with van der Waals surface area (Å²) in [5, 5.41) is 7.08. The Balaban J connectivity index is 1.79. The first-order valence-corrected chi connectivity index (χ1v) is 11.8. The van der Waals surface area contributed by atoms with Gasteiger partial charge < -0.3 is 4.74 Å². The lowest BCUT2D eigenvalue weighted by atomic mass is 9.99. The summed E-state index contributed by atoms with van der Waals surface area (Å²) in [6, 6.07) is 11.0. The van der Waals surface area contributed by atoms with Crippen molar-refractivity contribution < 1.29 is 4.74 Å². The maximum Gasteiger partial charge on any atom is 0.206 e. The number of hydrogen-bond acceptors (Lipinski definition) is 4. The van der Waals surface area contributed by atoms with Crippen LogP contribution in [0.2, 0.25) is 0 Å². The topological polar surface area (TPSA) is 38.9 Å². The fourth-order valence-electron chi connectivity index (χ4n) is 4.00. The predicted octanol–water partition coefficient (Wildman–Crippen LogP) is 5.72. The van der Waals surface area contributed by atoms with Gasteiger partial charge in [0, 0.05) is 17.6 Å². The molecule has 1 fully saturated rings. The lowest BCUT2D eigenvalue weighted by molar-refractivity contribution is 0.117. The summed E-state index contributed by atoms with van der Waals surface area (Å²) in [6.07, 6.45) is 4.39. The molecule has 1 aromatic heterocycles. The Morgan fingerprint density at radius 3 is 2.58 bits per heavy atom. The van der Waals surface area contributed by atoms with Crippen LogP contribution in [0.3, 0.4) is 0 Å². The molecule has 3 aromatic rings. The zero-order chi connectivity index (χ0) is 22.0. The number of nitrogens with zero attached hydrogens (tertiary/aromatic N) is 3. The van der Waals surface area contributed by atoms with Gasteiger partial charge in [0.2, 0.25) is 4.80 Å². The molecule has 0 radical (unpaired) electrons. The Hall–Kier alpha value is -2.50. The zero-order valence-corrected chi connectivity index (χ0v) is 19.9. The second-order valence-electron chi connectivity index (χ2n) is 8.55. The van der Waals surface area contributed by atoms with E-state index in [9.17, 15) is 0 Å². The monoisotopic (exact) mass is 433 g/mol. The number of rotatable bonds is 5. The van der Waals surface area contributed by atoms with E-state index >= 15 is 0 Å². The largest absolute Gasteiger partial charge is 0.376 e. The number of benzene rings is 2. The third-order valence-electron chi connectivity index (χ3n) is 5.99. The summed E-state index contributed by atoms with van der Waals surface area (Å²) in [6.45, 7) is 12.3. The molecule has 1 unspecified atom stereocenters. The predicted molar refractivity (Wildman–Crippen MR) is 130 cm³/mol. The highest BCUT2D eigenvalue weighted by molar-refractivity contribution is 7.07. The van der Waals surface area contributed by atoms with Crippen molar-refractivity contribution in [1.82, 2.24) is 4.68 Å². The van der Waals surface area contributed by atoms with Crippen LogP contribution < -0.4 is 4.80 Å². The molecule has 1 atom stereocenters. The molecule has 4 nitrogen and oxygen atoms in total. The fourth-order valence-corrected chi connectivity index (χ4v) is 4.84. The van der Waals surface area contributed by atoms with Crippen molar-refractivity contribution in [2.75, 3.05) is 13.2 Å². The summed E-state index contributed by atoms with van der Waals surface area (Å²) < 4.78 is 7.77. The van der Waals surface area contributed by atoms with Crippen LogP contribution in [0.15, 0.2) is 45.8 Å². The van der Waals surface area contributed by atoms with Gasteiger partial charge in [0.25, 0.3) is 0 Å². The van der Waals surface area contributed by atoms with Crippen LogP contribution in [-0.2, 0) is 4.74 Å². The molecule has 5 heteroatoms. The second-order valence-corrected chi connectivity index (χ2v) is 9.38. The number of hydrogen-bond donors (Lipinski definition) is 0. The zero-order valence-electron chi connectivity index (χ0n) is 19.1. The van der Waals surface area contributed by atoms with Crippen LogP contribution in [0.25, 0.3) is 11.3 Å². The van der Waals surface area contributed by atoms with Crippen molar-refractivity contribution in [3.05, 3.63) is 73.9 Å². The first-order valence-electron chi connectivity index (χ1n) is 10.9. The van der Waals surface area contributed by atoms with E-state index in [-0.39, 0.29) is 6.10 Å². The maximum atomic E-state index is 5.77. The average Bonchev–Trinajstić information content (AvgIpc) is 3.38. The lowest BCUT2D eigenvalue weighted by Gasteiger charge is -2.11. The SMILES string of the molecule is Cc1ccc(C=Nn2c(-c3cc(C)c(C)cc3C)csc2=NCC2CCCO2)c(C)c1. The smallest absolute Gasteiger partial charge is 0.206 e. The molecule has 4 rings (SSSR count). The molecule has 1 aliphatic heterocycles. The lowest BCUT2D eigenvalue weighted by Crippen LogP contribution is -2.17. The van der Waals surface area contributed by atoms with Crippen molar-refractivity contribution in [3.8, 4) is 11.3 Å². The highest BCUT2D eigenvalue weighted by Crippen LogP contribution is 2.27. The summed E-state index contributed by atoms with van der Waals surface area (Å²) >= 11 is 1.64. The number of ether oxygens (including phenoxy) is 1. The molecule has 0 amide bonds. The second kappa shape index (κ2) is 9.33. The minimum absolute atomic E-state index is 0.227. The van der Waals surface area contributed by atoms with Gasteiger partial charge in [0.15, 0.2) is 0 Å². The quantitative estimate of drug-likeness (QED) is 0.474. The van der Waals surface area contributed by atoms with Crippen LogP contribution in [0.4, 0.5) is 0 Å². The van der Waals surface area contributed by atoms with Crippen LogP contribution in [0.1, 0.15) is 46.2 Å². The number of thiazole rings is 1. The number of aryl methyl sites for hydroxylation is 5. The van der Waals surface area contributed by atoms with E-state index in [1.807, 2.05) is 10.9 Å². The maximum absolute atomic E-state index is 5.77. The molecule has 0 aliphatic carbocycles. The van der Waals surface area contributed by atoms with Crippen LogP contribution in [0.5, 0.6) is 0 Å². The molecule has 2 heterocycles. The summed E-state index contributed by atoms with van der Waals surface area (Å²) in [4.78, 5) is 5.80. The molecule has 0 saturated carbocycles. The minimum atomic E-state index is 0.227. The van der Waals surface area contributed by atoms with Crippen LogP contribution in [0, 0.1) is 34.6 Å². The van der Waals surface area contributed by atoms with Gasteiger partial charge >= 0.3 is 0 Å². The van der Waals surface area contributed by atoms with Gasteiger partial charge in [-0.15, -0.1) is 11.3 Å². The fraction of sp³-hybridized carbons (Fsp3) is 0.385. The van der Waals surface area contributed by atoms with E-state index in [2.05, 4.69) is 70.3 Å². The van der Waals surface area contributed by atoms with Crippen molar-refractivity contribution in [2.45, 2.75) is 53.6 Å². The van der Waals surface area contributed by atoms with Crippen molar-refractivity contribution in [1.29, 1.82) is 0 Å². The van der Waals surface area contributed by atoms with Gasteiger partial charge in [-0.1, -0.05) is 29.8 Å². The molecule has 162 valence electrons. The van der Waals surface area contributed by atoms with Gasteiger partial charge in [0.1, 0.15) is 0 Å². The Kier molecular flexibility index (Phi) is 6.54. The van der Waals surface area contributed by atoms with Gasteiger partial charge in [-0.2, -0.15) is 5.10 Å². The molecule has 31 heavy (non-hydrogen) atoms. The van der Waals surface area contributed by atoms with Crippen molar-refractivity contribution in [2.24, 2.45) is 10.1 Å². The minimum Gasteiger partial charge on any atom is -0.376 e. The van der Waals surface area contributed by atoms with Gasteiger partial charge in [-0.3, -0.25) is 4.99 Å². The first kappa shape index (κ1) is 21.7. The summed E-state index contributed by atoms with van der Waals surface area (Å²) in [5.41, 5.74) is 9.74. The molecule has 1 aliphatic rings. The van der Waals surface area contributed by atoms with Crippen LogP contribution in [-0.4, -0.2) is 30.1 Å². The average molecular weight is 434 g/mol. The highest BCUT2D eigenvalue weighted by atomic mass is 32.1. The number of aromatic nitrogens is 1. The Labute approximate surface area is 188 Å². The van der Waals surface area contributed by atoms with E-state index in [1.54, 1.807) is 11.3 Å². The van der Waals surface area contributed by atoms with E-state index in [0.29, 0.717) is 6.54 Å². The Morgan fingerprint density at radius 2 is 1.84 bits per heavy atom. The van der Waals surface area contributed by atoms with Crippen LogP contribution >= 0.6 is 11.3 Å². The summed E-state index contributed by atoms with van der Waals surface area (Å²) in [7, 11) is 0. The first-order chi connectivity index (χ1) is 14.9. The van der Waals surface area contributed by atoms with E-state index in [4.69, 9.17) is 14.8 Å². The molecule has 0 bridgehead atoms. The molecule has 2 aromatic carbocycles. The van der Waals surface area contributed by atoms with E-state index in [0.717, 1.165) is 35.5 Å². The summed E-state index contributed by atoms with van der Waals surface area (Å²) in [5.74, 6) is 0. The highest BCUT2D eigenvalue weighted by Gasteiger charge is 2.16. The molecular weight excluding hydrogens is 402 g/mol. The standard InChI is InChI=1S/C26H31N3OS/c1-17-8-9-22(20(4)11-17)14-28-29-25(24-13-19(3)18(2)12-21(24)5)16-31-26(29)27-15-23-7-6-10-30-23/h8-9,11-14,16,23H,6-7,10,15H2,1-5H3. The van der Waals surface area contributed by atoms with Gasteiger partial charge in [-0.05, 0) is 81.3 Å². The van der Waals surface area contributed by atoms with Crippen molar-refractivity contribution in [3.63, 3.8) is 0 Å². The molecule has 0 N–H and O–H groups in total.